The number of amides is 1. The summed E-state index contributed by atoms with van der Waals surface area (Å²) in [7, 11) is 4.86. The van der Waals surface area contributed by atoms with Crippen molar-refractivity contribution in [3.05, 3.63) is 47.5 Å². The number of benzene rings is 2. The molecule has 0 spiro atoms. The third kappa shape index (κ3) is 16.6. The van der Waals surface area contributed by atoms with Crippen LogP contribution in [0.1, 0.15) is 45.2 Å². The molecule has 0 aliphatic heterocycles. The van der Waals surface area contributed by atoms with Gasteiger partial charge in [-0.3, -0.25) is 4.79 Å². The number of nitrogens with one attached hydrogen (secondary N) is 1. The number of methoxy groups -OCH3 is 3. The van der Waals surface area contributed by atoms with E-state index < -0.39 is 17.6 Å². The molecule has 2 aromatic rings. The highest BCUT2D eigenvalue weighted by Gasteiger charge is 2.25. The molecule has 282 valence electrons. The Hall–Kier alpha value is -3.30. The highest BCUT2D eigenvalue weighted by Crippen LogP contribution is 2.40. The van der Waals surface area contributed by atoms with Crippen molar-refractivity contribution in [1.29, 1.82) is 0 Å². The summed E-state index contributed by atoms with van der Waals surface area (Å²) in [6, 6.07) is 10.1. The summed E-state index contributed by atoms with van der Waals surface area (Å²) in [6.07, 6.45) is 1.36. The number of hydrogen-bond acceptors (Lipinski definition) is 11. The Morgan fingerprint density at radius 2 is 1.28 bits per heavy atom. The summed E-state index contributed by atoms with van der Waals surface area (Å²) in [4.78, 5) is 22.1. The maximum atomic E-state index is 11.4. The zero-order chi connectivity index (χ0) is 36.8. The van der Waals surface area contributed by atoms with Gasteiger partial charge in [0.05, 0.1) is 97.1 Å². The molecule has 0 fully saturated rings. The van der Waals surface area contributed by atoms with E-state index in [2.05, 4.69) is 5.32 Å². The highest BCUT2D eigenvalue weighted by atomic mass is 16.6. The monoisotopic (exact) mass is 707 g/mol. The highest BCUT2D eigenvalue weighted by molar-refractivity contribution is 5.78. The molecule has 1 amide bonds. The van der Waals surface area contributed by atoms with E-state index in [9.17, 15) is 14.7 Å². The third-order valence-corrected chi connectivity index (χ3v) is 7.64. The molecule has 2 N–H and O–H groups in total. The first-order valence-electron chi connectivity index (χ1n) is 16.8. The van der Waals surface area contributed by atoms with Crippen LogP contribution in [0.25, 0.3) is 11.1 Å². The van der Waals surface area contributed by atoms with Gasteiger partial charge in [-0.2, -0.15) is 0 Å². The summed E-state index contributed by atoms with van der Waals surface area (Å²) >= 11 is 0. The Morgan fingerprint density at radius 3 is 1.78 bits per heavy atom. The fourth-order valence-corrected chi connectivity index (χ4v) is 4.73. The van der Waals surface area contributed by atoms with Gasteiger partial charge >= 0.3 is 5.97 Å². The second-order valence-electron chi connectivity index (χ2n) is 12.7. The minimum absolute atomic E-state index is 0.160. The molecular weight excluding hydrogens is 650 g/mol. The molecule has 13 nitrogen and oxygen atoms in total. The molecule has 13 heteroatoms. The minimum Gasteiger partial charge on any atom is -0.496 e. The van der Waals surface area contributed by atoms with Crippen LogP contribution in [0.3, 0.4) is 0 Å². The van der Waals surface area contributed by atoms with Gasteiger partial charge in [-0.25, -0.2) is 4.79 Å². The smallest absolute Gasteiger partial charge is 0.326 e. The molecule has 2 rings (SSSR count). The molecule has 0 saturated heterocycles. The lowest BCUT2D eigenvalue weighted by Crippen LogP contribution is -2.37. The van der Waals surface area contributed by atoms with Crippen molar-refractivity contribution in [2.45, 2.75) is 64.4 Å². The molecule has 0 aromatic heterocycles. The van der Waals surface area contributed by atoms with E-state index in [1.165, 1.54) is 0 Å². The van der Waals surface area contributed by atoms with Crippen molar-refractivity contribution >= 4 is 12.4 Å². The molecule has 1 atom stereocenters. The number of carbonyl (C=O) groups excluding carboxylic acids is 1. The summed E-state index contributed by atoms with van der Waals surface area (Å²) in [5.74, 6) is 0.122. The van der Waals surface area contributed by atoms with Crippen molar-refractivity contribution in [2.24, 2.45) is 0 Å². The van der Waals surface area contributed by atoms with Crippen LogP contribution in [0, 0.1) is 0 Å². The number of ether oxygens (including phenoxy) is 9. The van der Waals surface area contributed by atoms with Crippen molar-refractivity contribution in [3.63, 3.8) is 0 Å². The van der Waals surface area contributed by atoms with Crippen molar-refractivity contribution in [1.82, 2.24) is 5.32 Å². The fourth-order valence-electron chi connectivity index (χ4n) is 4.73. The topological polar surface area (TPSA) is 149 Å². The zero-order valence-electron chi connectivity index (χ0n) is 30.7. The SMILES string of the molecule is COCCC(C)(C)OCC(C)(C)OCCOCCOCCOCCOCc1cc(OC)c(-c2ccc(CC(NC=O)C(=O)O)cc2)c(OC)c1. The summed E-state index contributed by atoms with van der Waals surface area (Å²) < 4.78 is 51.1. The van der Waals surface area contributed by atoms with Crippen molar-refractivity contribution < 1.29 is 57.3 Å². The maximum absolute atomic E-state index is 11.4. The molecule has 0 saturated carbocycles. The molecule has 0 bridgehead atoms. The Kier molecular flexibility index (Phi) is 19.9. The van der Waals surface area contributed by atoms with Crippen LogP contribution >= 0.6 is 0 Å². The largest absolute Gasteiger partial charge is 0.496 e. The summed E-state index contributed by atoms with van der Waals surface area (Å²) in [6.45, 7) is 13.2. The van der Waals surface area contributed by atoms with Gasteiger partial charge in [-0.05, 0) is 62.9 Å². The minimum atomic E-state index is -1.10. The van der Waals surface area contributed by atoms with Crippen LogP contribution in [0.5, 0.6) is 11.5 Å². The van der Waals surface area contributed by atoms with Crippen LogP contribution in [-0.4, -0.2) is 122 Å². The van der Waals surface area contributed by atoms with Crippen LogP contribution in [0.4, 0.5) is 0 Å². The normalized spacial score (nSPS) is 12.5. The maximum Gasteiger partial charge on any atom is 0.326 e. The summed E-state index contributed by atoms with van der Waals surface area (Å²) in [5.41, 5.74) is 2.54. The first-order chi connectivity index (χ1) is 23.9. The van der Waals surface area contributed by atoms with Crippen molar-refractivity contribution in [3.8, 4) is 22.6 Å². The predicted molar refractivity (Wildman–Crippen MR) is 188 cm³/mol. The molecular formula is C37H57NO12. The Labute approximate surface area is 296 Å². The van der Waals surface area contributed by atoms with Gasteiger partial charge < -0.3 is 53.1 Å². The number of carboxylic acids is 1. The van der Waals surface area contributed by atoms with Crippen LogP contribution in [0.2, 0.25) is 0 Å². The van der Waals surface area contributed by atoms with Crippen molar-refractivity contribution in [2.75, 3.05) is 87.4 Å². The molecule has 0 aliphatic carbocycles. The van der Waals surface area contributed by atoms with E-state index >= 15 is 0 Å². The van der Waals surface area contributed by atoms with Crippen LogP contribution in [-0.2, 0) is 55.8 Å². The Bertz CT molecular complexity index is 1230. The van der Waals surface area contributed by atoms with Crippen LogP contribution in [0.15, 0.2) is 36.4 Å². The lowest BCUT2D eigenvalue weighted by Gasteiger charge is -2.32. The van der Waals surface area contributed by atoms with Gasteiger partial charge in [0.2, 0.25) is 6.41 Å². The summed E-state index contributed by atoms with van der Waals surface area (Å²) in [5, 5.41) is 11.6. The van der Waals surface area contributed by atoms with E-state index in [-0.39, 0.29) is 12.0 Å². The molecule has 1 unspecified atom stereocenters. The first kappa shape index (κ1) is 42.9. The molecule has 0 aliphatic rings. The van der Waals surface area contributed by atoms with Gasteiger partial charge in [-0.1, -0.05) is 24.3 Å². The quantitative estimate of drug-likeness (QED) is 0.0917. The van der Waals surface area contributed by atoms with Gasteiger partial charge in [0.25, 0.3) is 0 Å². The molecule has 0 heterocycles. The predicted octanol–water partition coefficient (Wildman–Crippen LogP) is 4.31. The van der Waals surface area contributed by atoms with Gasteiger partial charge in [0.1, 0.15) is 17.5 Å². The van der Waals surface area contributed by atoms with E-state index in [4.69, 9.17) is 42.6 Å². The van der Waals surface area contributed by atoms with Gasteiger partial charge in [-0.15, -0.1) is 0 Å². The van der Waals surface area contributed by atoms with E-state index in [0.29, 0.717) is 90.6 Å². The van der Waals surface area contributed by atoms with Gasteiger partial charge in [0, 0.05) is 20.1 Å². The first-order valence-corrected chi connectivity index (χ1v) is 16.8. The molecule has 50 heavy (non-hydrogen) atoms. The van der Waals surface area contributed by atoms with E-state index in [1.807, 2.05) is 64.1 Å². The number of carboxylic acid groups (broad SMARTS) is 1. The zero-order valence-corrected chi connectivity index (χ0v) is 30.7. The average Bonchev–Trinajstić information content (AvgIpc) is 3.09. The third-order valence-electron chi connectivity index (χ3n) is 7.64. The van der Waals surface area contributed by atoms with Gasteiger partial charge in [0.15, 0.2) is 0 Å². The van der Waals surface area contributed by atoms with E-state index in [1.54, 1.807) is 21.3 Å². The Balaban J connectivity index is 1.63. The Morgan fingerprint density at radius 1 is 0.740 bits per heavy atom. The average molecular weight is 708 g/mol. The lowest BCUT2D eigenvalue weighted by molar-refractivity contribution is -0.140. The fraction of sp³-hybridized carbons (Fsp3) is 0.622. The van der Waals surface area contributed by atoms with E-state index in [0.717, 1.165) is 28.7 Å². The molecule has 0 radical (unpaired) electrons. The van der Waals surface area contributed by atoms with Crippen LogP contribution < -0.4 is 14.8 Å². The number of hydrogen-bond donors (Lipinski definition) is 2. The molecule has 2 aromatic carbocycles. The number of carbonyl (C=O) groups is 2. The number of rotatable bonds is 29. The number of aliphatic carboxylic acids is 1. The standard InChI is InChI=1S/C37H57NO12/c1-36(2,12-13-42-5)50-26-37(3,4)49-21-20-47-17-16-45-14-15-46-18-19-48-25-29-23-32(43-6)34(33(24-29)44-7)30-10-8-28(9-11-30)22-31(35(40)41)38-27-39/h8-11,23-24,27,31H,12-22,25-26H2,1-7H3,(H,38,39)(H,40,41). The lowest BCUT2D eigenvalue weighted by atomic mass is 9.98. The second kappa shape index (κ2) is 23.2. The second-order valence-corrected chi connectivity index (χ2v) is 12.7.